The zero-order valence-electron chi connectivity index (χ0n) is 24.1. The predicted molar refractivity (Wildman–Crippen MR) is 160 cm³/mol. The molecule has 1 unspecified atom stereocenters. The van der Waals surface area contributed by atoms with Crippen LogP contribution in [0.1, 0.15) is 65.1 Å². The fraction of sp³-hybridized carbons (Fsp3) is 0.429. The molecule has 2 fully saturated rings. The van der Waals surface area contributed by atoms with Crippen molar-refractivity contribution in [3.05, 3.63) is 76.9 Å². The number of benzene rings is 3. The number of phenols is 1. The normalized spacial score (nSPS) is 22.5. The number of nitrogens with one attached hydrogen (secondary N) is 1. The van der Waals surface area contributed by atoms with Crippen LogP contribution in [-0.2, 0) is 17.6 Å². The third-order valence-electron chi connectivity index (χ3n) is 9.74. The summed E-state index contributed by atoms with van der Waals surface area (Å²) in [5.74, 6) is 2.66. The molecular formula is C35H38N2O5. The van der Waals surface area contributed by atoms with E-state index in [-0.39, 0.29) is 30.2 Å². The number of phenolic OH excluding ortho intramolecular Hbond substituents is 1. The maximum Gasteiger partial charge on any atom is 0.255 e. The molecule has 2 saturated carbocycles. The Labute approximate surface area is 246 Å². The van der Waals surface area contributed by atoms with E-state index in [0.29, 0.717) is 43.3 Å². The van der Waals surface area contributed by atoms with E-state index >= 15 is 0 Å². The zero-order chi connectivity index (χ0) is 28.8. The standard InChI is InChI=1S/C35H38N2O5/c1-37(19-22-2-3-22)30-16-25-8-11-28(34(39)33(25)29-18-26(38)10-12-27(29)30)35(40)36-15-14-21-4-6-23(7-5-21)24-9-13-31-32(17-24)42-20-41-31/h4-9,11,13,17,22,27,29-30,39H,2-3,10,12,14-16,18-20H2,1H3,(H,36,40)/t27-,29?,30-/m1/s1. The summed E-state index contributed by atoms with van der Waals surface area (Å²) in [5, 5.41) is 14.4. The minimum Gasteiger partial charge on any atom is -0.507 e. The van der Waals surface area contributed by atoms with Crippen LogP contribution in [0.2, 0.25) is 0 Å². The van der Waals surface area contributed by atoms with Crippen molar-refractivity contribution in [1.29, 1.82) is 0 Å². The lowest BCUT2D eigenvalue weighted by Gasteiger charge is -2.46. The fourth-order valence-electron chi connectivity index (χ4n) is 7.29. The summed E-state index contributed by atoms with van der Waals surface area (Å²) >= 11 is 0. The molecule has 3 aromatic carbocycles. The summed E-state index contributed by atoms with van der Waals surface area (Å²) < 4.78 is 10.9. The summed E-state index contributed by atoms with van der Waals surface area (Å²) in [6, 6.07) is 18.3. The van der Waals surface area contributed by atoms with Gasteiger partial charge in [0.25, 0.3) is 5.91 Å². The van der Waals surface area contributed by atoms with Gasteiger partial charge >= 0.3 is 0 Å². The summed E-state index contributed by atoms with van der Waals surface area (Å²) in [4.78, 5) is 28.3. The summed E-state index contributed by atoms with van der Waals surface area (Å²) in [5.41, 5.74) is 5.46. The van der Waals surface area contributed by atoms with Gasteiger partial charge in [-0.05, 0) is 97.4 Å². The van der Waals surface area contributed by atoms with Gasteiger partial charge in [0, 0.05) is 37.5 Å². The second-order valence-electron chi connectivity index (χ2n) is 12.5. The monoisotopic (exact) mass is 566 g/mol. The maximum absolute atomic E-state index is 13.2. The van der Waals surface area contributed by atoms with Gasteiger partial charge in [-0.25, -0.2) is 0 Å². The minimum atomic E-state index is -0.279. The average Bonchev–Trinajstić information content (AvgIpc) is 3.68. The number of carbonyl (C=O) groups is 2. The van der Waals surface area contributed by atoms with Crippen molar-refractivity contribution in [2.75, 3.05) is 26.9 Å². The zero-order valence-corrected chi connectivity index (χ0v) is 24.1. The Balaban J connectivity index is 1.02. The summed E-state index contributed by atoms with van der Waals surface area (Å²) in [7, 11) is 2.22. The molecule has 1 amide bonds. The van der Waals surface area contributed by atoms with Crippen molar-refractivity contribution >= 4 is 11.7 Å². The van der Waals surface area contributed by atoms with Crippen LogP contribution in [0.4, 0.5) is 0 Å². The molecule has 2 N–H and O–H groups in total. The quantitative estimate of drug-likeness (QED) is 0.376. The molecule has 4 aliphatic rings. The number of hydrogen-bond acceptors (Lipinski definition) is 6. The first kappa shape index (κ1) is 27.0. The molecule has 0 aromatic heterocycles. The van der Waals surface area contributed by atoms with Crippen LogP contribution >= 0.6 is 0 Å². The molecule has 7 rings (SSSR count). The molecule has 3 aromatic rings. The van der Waals surface area contributed by atoms with Gasteiger partial charge in [-0.2, -0.15) is 0 Å². The van der Waals surface area contributed by atoms with Gasteiger partial charge in [-0.15, -0.1) is 0 Å². The molecule has 0 saturated heterocycles. The number of fused-ring (bicyclic) bond motifs is 4. The van der Waals surface area contributed by atoms with Gasteiger partial charge in [-0.3, -0.25) is 9.59 Å². The van der Waals surface area contributed by atoms with Gasteiger partial charge in [0.15, 0.2) is 11.5 Å². The van der Waals surface area contributed by atoms with Crippen LogP contribution < -0.4 is 14.8 Å². The van der Waals surface area contributed by atoms with E-state index in [9.17, 15) is 14.7 Å². The molecule has 7 nitrogen and oxygen atoms in total. The van der Waals surface area contributed by atoms with Crippen molar-refractivity contribution < 1.29 is 24.2 Å². The molecule has 3 aliphatic carbocycles. The predicted octanol–water partition coefficient (Wildman–Crippen LogP) is 5.48. The number of ketones is 1. The van der Waals surface area contributed by atoms with Crippen LogP contribution in [0.5, 0.6) is 17.2 Å². The summed E-state index contributed by atoms with van der Waals surface area (Å²) in [6.45, 7) is 1.81. The van der Waals surface area contributed by atoms with Crippen molar-refractivity contribution in [2.45, 2.75) is 56.9 Å². The first-order valence-corrected chi connectivity index (χ1v) is 15.3. The van der Waals surface area contributed by atoms with Crippen LogP contribution in [0.3, 0.4) is 0 Å². The van der Waals surface area contributed by atoms with Crippen molar-refractivity contribution in [1.82, 2.24) is 10.2 Å². The molecule has 0 radical (unpaired) electrons. The molecule has 3 atom stereocenters. The highest BCUT2D eigenvalue weighted by Gasteiger charge is 2.44. The van der Waals surface area contributed by atoms with Crippen molar-refractivity contribution in [3.63, 3.8) is 0 Å². The van der Waals surface area contributed by atoms with E-state index < -0.39 is 0 Å². The Morgan fingerprint density at radius 1 is 0.976 bits per heavy atom. The highest BCUT2D eigenvalue weighted by atomic mass is 16.7. The molecule has 0 bridgehead atoms. The van der Waals surface area contributed by atoms with E-state index in [4.69, 9.17) is 9.47 Å². The van der Waals surface area contributed by atoms with Crippen LogP contribution in [-0.4, -0.2) is 54.7 Å². The van der Waals surface area contributed by atoms with Crippen LogP contribution in [0.25, 0.3) is 11.1 Å². The van der Waals surface area contributed by atoms with Gasteiger partial charge < -0.3 is 24.8 Å². The van der Waals surface area contributed by atoms with E-state index in [2.05, 4.69) is 41.5 Å². The fourth-order valence-corrected chi connectivity index (χ4v) is 7.29. The molecule has 218 valence electrons. The largest absolute Gasteiger partial charge is 0.507 e. The highest BCUT2D eigenvalue weighted by molar-refractivity contribution is 5.97. The number of likely N-dealkylation sites (N-methyl/N-ethyl adjacent to an activating group) is 1. The van der Waals surface area contributed by atoms with E-state index in [1.165, 1.54) is 12.8 Å². The first-order chi connectivity index (χ1) is 20.4. The lowest BCUT2D eigenvalue weighted by Crippen LogP contribution is -2.47. The Morgan fingerprint density at radius 3 is 2.57 bits per heavy atom. The second kappa shape index (κ2) is 11.1. The average molecular weight is 567 g/mol. The minimum absolute atomic E-state index is 0.0299. The molecule has 7 heteroatoms. The van der Waals surface area contributed by atoms with Gasteiger partial charge in [-0.1, -0.05) is 36.4 Å². The lowest BCUT2D eigenvalue weighted by atomic mass is 9.64. The molecule has 42 heavy (non-hydrogen) atoms. The number of ether oxygens (including phenoxy) is 2. The van der Waals surface area contributed by atoms with E-state index in [1.54, 1.807) is 6.07 Å². The number of amides is 1. The number of carbonyl (C=O) groups excluding carboxylic acids is 2. The number of nitrogens with zero attached hydrogens (tertiary/aromatic N) is 1. The maximum atomic E-state index is 13.2. The molecule has 0 spiro atoms. The van der Waals surface area contributed by atoms with Crippen molar-refractivity contribution in [2.24, 2.45) is 11.8 Å². The third-order valence-corrected chi connectivity index (χ3v) is 9.74. The first-order valence-electron chi connectivity index (χ1n) is 15.3. The lowest BCUT2D eigenvalue weighted by molar-refractivity contribution is -0.122. The van der Waals surface area contributed by atoms with Gasteiger partial charge in [0.05, 0.1) is 5.56 Å². The van der Waals surface area contributed by atoms with E-state index in [0.717, 1.165) is 64.6 Å². The number of Topliss-reactive ketones (excluding diaryl/α,β-unsaturated/α-hetero) is 1. The number of hydrogen-bond donors (Lipinski definition) is 2. The smallest absolute Gasteiger partial charge is 0.255 e. The topological polar surface area (TPSA) is 88.1 Å². The Kier molecular flexibility index (Phi) is 7.14. The Morgan fingerprint density at radius 2 is 1.76 bits per heavy atom. The third kappa shape index (κ3) is 5.26. The SMILES string of the molecule is CN(CC1CC1)[C@@H]1Cc2ccc(C(=O)NCCc3ccc(-c4ccc5c(c4)OCO5)cc3)c(O)c2C2CC(=O)CC[C@H]21. The number of aromatic hydroxyl groups is 1. The van der Waals surface area contributed by atoms with E-state index in [1.807, 2.05) is 24.3 Å². The van der Waals surface area contributed by atoms with Crippen LogP contribution in [0.15, 0.2) is 54.6 Å². The van der Waals surface area contributed by atoms with Crippen LogP contribution in [0, 0.1) is 11.8 Å². The molecule has 1 aliphatic heterocycles. The highest BCUT2D eigenvalue weighted by Crippen LogP contribution is 2.50. The number of rotatable bonds is 8. The Bertz CT molecular complexity index is 1510. The van der Waals surface area contributed by atoms with Gasteiger partial charge in [0.2, 0.25) is 6.79 Å². The Hall–Kier alpha value is -3.84. The van der Waals surface area contributed by atoms with Gasteiger partial charge in [0.1, 0.15) is 11.5 Å². The summed E-state index contributed by atoms with van der Waals surface area (Å²) in [6.07, 6.45) is 6.07. The second-order valence-corrected chi connectivity index (χ2v) is 12.5. The van der Waals surface area contributed by atoms with Crippen molar-refractivity contribution in [3.8, 4) is 28.4 Å². The molecular weight excluding hydrogens is 528 g/mol. The molecule has 1 heterocycles.